The summed E-state index contributed by atoms with van der Waals surface area (Å²) >= 11 is 12.5. The Balaban J connectivity index is 2.06. The predicted molar refractivity (Wildman–Crippen MR) is 96.7 cm³/mol. The van der Waals surface area contributed by atoms with Crippen molar-refractivity contribution in [2.45, 2.75) is 12.0 Å². The van der Waals surface area contributed by atoms with Crippen molar-refractivity contribution in [1.82, 2.24) is 4.90 Å². The number of piperidine rings is 1. The van der Waals surface area contributed by atoms with Crippen molar-refractivity contribution < 1.29 is 9.90 Å². The average Bonchev–Trinajstić information content (AvgIpc) is 2.57. The topological polar surface area (TPSA) is 40.5 Å². The van der Waals surface area contributed by atoms with E-state index in [1.54, 1.807) is 36.4 Å². The number of benzene rings is 2. The molecule has 3 nitrogen and oxygen atoms in total. The van der Waals surface area contributed by atoms with Crippen molar-refractivity contribution in [3.8, 4) is 0 Å². The van der Waals surface area contributed by atoms with Crippen molar-refractivity contribution in [1.29, 1.82) is 0 Å². The number of likely N-dealkylation sites (tertiary alicyclic amines) is 1. The summed E-state index contributed by atoms with van der Waals surface area (Å²) in [5, 5.41) is 12.3. The Morgan fingerprint density at radius 1 is 1.12 bits per heavy atom. The van der Waals surface area contributed by atoms with E-state index in [0.717, 1.165) is 0 Å². The number of Topliss-reactive ketones (excluding diaryl/α,β-unsaturated/α-hetero) is 1. The molecule has 2 aromatic rings. The first-order valence-corrected chi connectivity index (χ1v) is 8.64. The monoisotopic (exact) mass is 363 g/mol. The Labute approximate surface area is 151 Å². The third kappa shape index (κ3) is 3.09. The molecule has 0 radical (unpaired) electrons. The van der Waals surface area contributed by atoms with Crippen LogP contribution in [-0.4, -0.2) is 35.9 Å². The zero-order chi connectivity index (χ0) is 17.3. The first-order chi connectivity index (χ1) is 11.4. The molecule has 2 unspecified atom stereocenters. The van der Waals surface area contributed by atoms with Gasteiger partial charge in [-0.15, -0.1) is 0 Å². The minimum atomic E-state index is -1.30. The Morgan fingerprint density at radius 2 is 1.75 bits per heavy atom. The van der Waals surface area contributed by atoms with E-state index in [-0.39, 0.29) is 5.78 Å². The van der Waals surface area contributed by atoms with Gasteiger partial charge in [0.05, 0.1) is 10.9 Å². The lowest BCUT2D eigenvalue weighted by Gasteiger charge is -2.43. The van der Waals surface area contributed by atoms with Crippen LogP contribution >= 0.6 is 23.2 Å². The number of nitrogens with zero attached hydrogens (tertiary/aromatic N) is 1. The summed E-state index contributed by atoms with van der Waals surface area (Å²) in [5.41, 5.74) is -0.267. The first kappa shape index (κ1) is 17.4. The van der Waals surface area contributed by atoms with Gasteiger partial charge in [0, 0.05) is 29.2 Å². The molecule has 2 atom stereocenters. The molecule has 0 bridgehead atoms. The average molecular weight is 364 g/mol. The Bertz CT molecular complexity index is 765. The number of rotatable bonds is 3. The standard InChI is InChI=1S/C19H19Cl2NO2/c1-22-11-10-19(24,14-7-3-5-9-17(14)21)15(12-22)18(23)13-6-2-4-8-16(13)20/h2-9,15,24H,10-12H2,1H3. The highest BCUT2D eigenvalue weighted by molar-refractivity contribution is 6.34. The van der Waals surface area contributed by atoms with E-state index in [4.69, 9.17) is 23.2 Å². The van der Waals surface area contributed by atoms with Crippen LogP contribution in [0.2, 0.25) is 10.0 Å². The second-order valence-corrected chi connectivity index (χ2v) is 7.13. The number of carbonyl (C=O) groups is 1. The maximum absolute atomic E-state index is 13.2. The fraction of sp³-hybridized carbons (Fsp3) is 0.316. The van der Waals surface area contributed by atoms with Crippen LogP contribution in [-0.2, 0) is 5.60 Å². The van der Waals surface area contributed by atoms with Crippen LogP contribution in [0.1, 0.15) is 22.3 Å². The van der Waals surface area contributed by atoms with Crippen molar-refractivity contribution in [2.24, 2.45) is 5.92 Å². The minimum absolute atomic E-state index is 0.158. The summed E-state index contributed by atoms with van der Waals surface area (Å²) in [6.45, 7) is 1.14. The smallest absolute Gasteiger partial charge is 0.171 e. The first-order valence-electron chi connectivity index (χ1n) is 7.88. The summed E-state index contributed by atoms with van der Waals surface area (Å²) in [4.78, 5) is 15.2. The van der Waals surface area contributed by atoms with Crippen LogP contribution in [0.25, 0.3) is 0 Å². The number of ketones is 1. The van der Waals surface area contributed by atoms with Crippen molar-refractivity contribution in [2.75, 3.05) is 20.1 Å². The molecule has 5 heteroatoms. The van der Waals surface area contributed by atoms with Crippen molar-refractivity contribution in [3.63, 3.8) is 0 Å². The van der Waals surface area contributed by atoms with Gasteiger partial charge >= 0.3 is 0 Å². The maximum atomic E-state index is 13.2. The molecule has 2 aromatic carbocycles. The molecule has 1 aliphatic rings. The van der Waals surface area contributed by atoms with Crippen LogP contribution in [0, 0.1) is 5.92 Å². The van der Waals surface area contributed by atoms with E-state index >= 15 is 0 Å². The molecule has 126 valence electrons. The molecular weight excluding hydrogens is 345 g/mol. The lowest BCUT2D eigenvalue weighted by molar-refractivity contribution is -0.0593. The van der Waals surface area contributed by atoms with Gasteiger partial charge in [-0.05, 0) is 31.7 Å². The van der Waals surface area contributed by atoms with E-state index in [0.29, 0.717) is 40.7 Å². The number of halogens is 2. The van der Waals surface area contributed by atoms with Gasteiger partial charge in [0.2, 0.25) is 0 Å². The third-order valence-electron chi connectivity index (χ3n) is 4.74. The second kappa shape index (κ2) is 6.85. The van der Waals surface area contributed by atoms with E-state index in [9.17, 15) is 9.90 Å². The summed E-state index contributed by atoms with van der Waals surface area (Å²) in [6, 6.07) is 14.1. The van der Waals surface area contributed by atoms with Gasteiger partial charge in [-0.2, -0.15) is 0 Å². The zero-order valence-electron chi connectivity index (χ0n) is 13.4. The molecule has 0 spiro atoms. The quantitative estimate of drug-likeness (QED) is 0.837. The van der Waals surface area contributed by atoms with E-state index in [2.05, 4.69) is 0 Å². The van der Waals surface area contributed by atoms with Crippen molar-refractivity contribution in [3.05, 3.63) is 69.7 Å². The van der Waals surface area contributed by atoms with Crippen molar-refractivity contribution >= 4 is 29.0 Å². The van der Waals surface area contributed by atoms with Crippen LogP contribution in [0.4, 0.5) is 0 Å². The normalized spacial score (nSPS) is 24.8. The Morgan fingerprint density at radius 3 is 2.42 bits per heavy atom. The SMILES string of the molecule is CN1CCC(O)(c2ccccc2Cl)C(C(=O)c2ccccc2Cl)C1. The molecule has 1 N–H and O–H groups in total. The van der Waals surface area contributed by atoms with Gasteiger partial charge in [-0.25, -0.2) is 0 Å². The maximum Gasteiger partial charge on any atom is 0.171 e. The molecule has 1 heterocycles. The molecule has 0 aliphatic carbocycles. The van der Waals surface area contributed by atoms with Gasteiger partial charge < -0.3 is 10.0 Å². The van der Waals surface area contributed by atoms with Crippen LogP contribution in [0.5, 0.6) is 0 Å². The van der Waals surface area contributed by atoms with E-state index in [1.165, 1.54) is 0 Å². The molecule has 24 heavy (non-hydrogen) atoms. The van der Waals surface area contributed by atoms with Gasteiger partial charge in [0.25, 0.3) is 0 Å². The molecular formula is C19H19Cl2NO2. The summed E-state index contributed by atoms with van der Waals surface area (Å²) < 4.78 is 0. The number of aliphatic hydroxyl groups is 1. The molecule has 3 rings (SSSR count). The molecule has 0 aromatic heterocycles. The molecule has 1 aliphatic heterocycles. The van der Waals surface area contributed by atoms with E-state index < -0.39 is 11.5 Å². The molecule has 1 saturated heterocycles. The summed E-state index contributed by atoms with van der Waals surface area (Å²) in [7, 11) is 1.94. The van der Waals surface area contributed by atoms with Gasteiger partial charge in [0.15, 0.2) is 5.78 Å². The minimum Gasteiger partial charge on any atom is -0.384 e. The highest BCUT2D eigenvalue weighted by atomic mass is 35.5. The third-order valence-corrected chi connectivity index (χ3v) is 5.40. The summed E-state index contributed by atoms with van der Waals surface area (Å²) in [5.74, 6) is -0.786. The Hall–Kier alpha value is -1.39. The fourth-order valence-electron chi connectivity index (χ4n) is 3.37. The number of hydrogen-bond acceptors (Lipinski definition) is 3. The van der Waals surface area contributed by atoms with E-state index in [1.807, 2.05) is 24.1 Å². The second-order valence-electron chi connectivity index (χ2n) is 6.31. The Kier molecular flexibility index (Phi) is 4.97. The van der Waals surface area contributed by atoms with Gasteiger partial charge in [-0.1, -0.05) is 53.5 Å². The highest BCUT2D eigenvalue weighted by Crippen LogP contribution is 2.42. The lowest BCUT2D eigenvalue weighted by atomic mass is 9.72. The summed E-state index contributed by atoms with van der Waals surface area (Å²) in [6.07, 6.45) is 0.439. The van der Waals surface area contributed by atoms with Gasteiger partial charge in [0.1, 0.15) is 5.60 Å². The number of carbonyl (C=O) groups excluding carboxylic acids is 1. The molecule has 1 fully saturated rings. The van der Waals surface area contributed by atoms with Crippen LogP contribution in [0.3, 0.4) is 0 Å². The van der Waals surface area contributed by atoms with Crippen LogP contribution in [0.15, 0.2) is 48.5 Å². The largest absolute Gasteiger partial charge is 0.384 e. The fourth-order valence-corrected chi connectivity index (χ4v) is 3.90. The molecule has 0 amide bonds. The predicted octanol–water partition coefficient (Wildman–Crippen LogP) is 4.02. The highest BCUT2D eigenvalue weighted by Gasteiger charge is 2.47. The van der Waals surface area contributed by atoms with Gasteiger partial charge in [-0.3, -0.25) is 4.79 Å². The lowest BCUT2D eigenvalue weighted by Crippen LogP contribution is -2.52. The van der Waals surface area contributed by atoms with Crippen LogP contribution < -0.4 is 0 Å². The molecule has 0 saturated carbocycles. The number of hydrogen-bond donors (Lipinski definition) is 1. The zero-order valence-corrected chi connectivity index (χ0v) is 14.9.